The first-order valence-corrected chi connectivity index (χ1v) is 9.45. The topological polar surface area (TPSA) is 92.2 Å². The Bertz CT molecular complexity index is 1020. The number of hydrogen-bond acceptors (Lipinski definition) is 4. The molecular formula is C20H23N5O2. The fraction of sp³-hybridized carbons (Fsp3) is 0.400. The van der Waals surface area contributed by atoms with Crippen molar-refractivity contribution in [1.82, 2.24) is 19.6 Å². The van der Waals surface area contributed by atoms with E-state index in [4.69, 9.17) is 0 Å². The molecule has 1 aliphatic carbocycles. The second-order valence-electron chi connectivity index (χ2n) is 7.18. The summed E-state index contributed by atoms with van der Waals surface area (Å²) in [5.74, 6) is 0.523. The summed E-state index contributed by atoms with van der Waals surface area (Å²) in [5.41, 5.74) is 2.13. The van der Waals surface area contributed by atoms with Gasteiger partial charge >= 0.3 is 0 Å². The van der Waals surface area contributed by atoms with Crippen molar-refractivity contribution in [3.8, 4) is 0 Å². The van der Waals surface area contributed by atoms with E-state index < -0.39 is 0 Å². The van der Waals surface area contributed by atoms with Crippen molar-refractivity contribution < 1.29 is 4.79 Å². The molecule has 0 spiro atoms. The third-order valence-electron chi connectivity index (χ3n) is 5.24. The predicted molar refractivity (Wildman–Crippen MR) is 103 cm³/mol. The molecule has 0 saturated heterocycles. The smallest absolute Gasteiger partial charge is 0.277 e. The largest absolute Gasteiger partial charge is 0.295 e. The van der Waals surface area contributed by atoms with Crippen LogP contribution in [-0.2, 0) is 11.2 Å². The molecule has 0 aliphatic heterocycles. The number of hydrogen-bond donors (Lipinski definition) is 2. The molecule has 1 amide bonds. The van der Waals surface area contributed by atoms with Gasteiger partial charge in [0.05, 0.1) is 5.69 Å². The Morgan fingerprint density at radius 1 is 1.19 bits per heavy atom. The Balaban J connectivity index is 1.61. The Kier molecular flexibility index (Phi) is 4.75. The van der Waals surface area contributed by atoms with Crippen molar-refractivity contribution in [2.45, 2.75) is 45.4 Å². The van der Waals surface area contributed by atoms with Crippen LogP contribution in [0.5, 0.6) is 0 Å². The van der Waals surface area contributed by atoms with Gasteiger partial charge in [-0.15, -0.1) is 0 Å². The number of amides is 1. The van der Waals surface area contributed by atoms with Crippen LogP contribution in [-0.4, -0.2) is 25.5 Å². The number of H-pyrrole nitrogens is 1. The van der Waals surface area contributed by atoms with Gasteiger partial charge in [-0.3, -0.25) is 20.0 Å². The Morgan fingerprint density at radius 3 is 2.67 bits per heavy atom. The van der Waals surface area contributed by atoms with Gasteiger partial charge in [-0.1, -0.05) is 49.6 Å². The van der Waals surface area contributed by atoms with Crippen molar-refractivity contribution in [2.24, 2.45) is 5.92 Å². The van der Waals surface area contributed by atoms with E-state index in [9.17, 15) is 9.59 Å². The van der Waals surface area contributed by atoms with E-state index in [2.05, 4.69) is 20.4 Å². The van der Waals surface area contributed by atoms with Crippen LogP contribution in [0, 0.1) is 12.8 Å². The zero-order valence-corrected chi connectivity index (χ0v) is 15.4. The first-order valence-electron chi connectivity index (χ1n) is 9.45. The van der Waals surface area contributed by atoms with Crippen molar-refractivity contribution in [3.05, 3.63) is 57.5 Å². The highest BCUT2D eigenvalue weighted by Gasteiger charge is 2.22. The number of benzene rings is 1. The maximum Gasteiger partial charge on any atom is 0.277 e. The highest BCUT2D eigenvalue weighted by Crippen LogP contribution is 2.24. The molecular weight excluding hydrogens is 342 g/mol. The van der Waals surface area contributed by atoms with Crippen LogP contribution in [0.2, 0.25) is 0 Å². The average molecular weight is 365 g/mol. The Hall–Kier alpha value is -2.96. The van der Waals surface area contributed by atoms with Crippen LogP contribution in [0.1, 0.15) is 48.9 Å². The fourth-order valence-electron chi connectivity index (χ4n) is 3.70. The van der Waals surface area contributed by atoms with Gasteiger partial charge in [-0.05, 0) is 25.3 Å². The summed E-state index contributed by atoms with van der Waals surface area (Å²) in [4.78, 5) is 34.0. The maximum absolute atomic E-state index is 12.9. The SMILES string of the molecule is Cc1nc2nc(NC(=O)C3CCCCC3)[nH]n2c(=O)c1Cc1ccccc1. The van der Waals surface area contributed by atoms with Crippen LogP contribution in [0.25, 0.3) is 5.78 Å². The van der Waals surface area contributed by atoms with E-state index in [0.29, 0.717) is 17.7 Å². The van der Waals surface area contributed by atoms with Gasteiger partial charge in [0.2, 0.25) is 11.9 Å². The van der Waals surface area contributed by atoms with Crippen molar-refractivity contribution >= 4 is 17.6 Å². The molecule has 7 nitrogen and oxygen atoms in total. The number of carbonyl (C=O) groups is 1. The van der Waals surface area contributed by atoms with Crippen molar-refractivity contribution in [3.63, 3.8) is 0 Å². The van der Waals surface area contributed by atoms with E-state index >= 15 is 0 Å². The quantitative estimate of drug-likeness (QED) is 0.744. The molecule has 27 heavy (non-hydrogen) atoms. The summed E-state index contributed by atoms with van der Waals surface area (Å²) in [7, 11) is 0. The maximum atomic E-state index is 12.9. The third kappa shape index (κ3) is 3.63. The minimum Gasteiger partial charge on any atom is -0.295 e. The monoisotopic (exact) mass is 365 g/mol. The molecule has 2 heterocycles. The van der Waals surface area contributed by atoms with Gasteiger partial charge in [0.1, 0.15) is 0 Å². The van der Waals surface area contributed by atoms with Gasteiger partial charge in [0.25, 0.3) is 11.3 Å². The molecule has 1 aromatic carbocycles. The molecule has 1 aliphatic rings. The molecule has 0 bridgehead atoms. The zero-order valence-electron chi connectivity index (χ0n) is 15.4. The molecule has 2 N–H and O–H groups in total. The number of fused-ring (bicyclic) bond motifs is 1. The molecule has 1 saturated carbocycles. The first-order chi connectivity index (χ1) is 13.1. The van der Waals surface area contributed by atoms with E-state index in [1.165, 1.54) is 10.9 Å². The number of rotatable bonds is 4. The van der Waals surface area contributed by atoms with Gasteiger partial charge in [0, 0.05) is 17.9 Å². The van der Waals surface area contributed by atoms with E-state index in [-0.39, 0.29) is 29.1 Å². The molecule has 140 valence electrons. The summed E-state index contributed by atoms with van der Waals surface area (Å²) < 4.78 is 1.31. The molecule has 0 atom stereocenters. The highest BCUT2D eigenvalue weighted by atomic mass is 16.2. The second-order valence-corrected chi connectivity index (χ2v) is 7.18. The minimum atomic E-state index is -0.188. The van der Waals surface area contributed by atoms with Crippen molar-refractivity contribution in [1.29, 1.82) is 0 Å². The standard InChI is InChI=1S/C20H23N5O2/c1-13-16(12-14-8-4-2-5-9-14)18(27)25-20(21-13)23-19(24-25)22-17(26)15-10-6-3-7-11-15/h2,4-5,8-9,15H,3,6-7,10-12H2,1H3,(H2,21,22,23,24,26). The molecule has 0 radical (unpaired) electrons. The van der Waals surface area contributed by atoms with Gasteiger partial charge in [0.15, 0.2) is 0 Å². The third-order valence-corrected chi connectivity index (χ3v) is 5.24. The van der Waals surface area contributed by atoms with Crippen molar-refractivity contribution in [2.75, 3.05) is 5.32 Å². The summed E-state index contributed by atoms with van der Waals surface area (Å²) in [6.07, 6.45) is 5.68. The lowest BCUT2D eigenvalue weighted by atomic mass is 9.89. The van der Waals surface area contributed by atoms with E-state index in [1.54, 1.807) is 0 Å². The molecule has 3 aromatic rings. The normalized spacial score (nSPS) is 15.1. The highest BCUT2D eigenvalue weighted by molar-refractivity contribution is 5.91. The van der Waals surface area contributed by atoms with E-state index in [1.807, 2.05) is 37.3 Å². The number of aromatic nitrogens is 4. The number of carbonyl (C=O) groups excluding carboxylic acids is 1. The summed E-state index contributed by atoms with van der Waals surface area (Å²) >= 11 is 0. The Labute approximate surface area is 156 Å². The molecule has 4 rings (SSSR count). The summed E-state index contributed by atoms with van der Waals surface area (Å²) in [6.45, 7) is 1.81. The Morgan fingerprint density at radius 2 is 1.93 bits per heavy atom. The lowest BCUT2D eigenvalue weighted by Crippen LogP contribution is -2.25. The van der Waals surface area contributed by atoms with Gasteiger partial charge in [-0.2, -0.15) is 9.50 Å². The number of nitrogens with one attached hydrogen (secondary N) is 2. The summed E-state index contributed by atoms with van der Waals surface area (Å²) in [5, 5.41) is 5.70. The number of aromatic amines is 1. The van der Waals surface area contributed by atoms with Crippen LogP contribution < -0.4 is 10.9 Å². The van der Waals surface area contributed by atoms with Gasteiger partial charge in [-0.25, -0.2) is 4.98 Å². The molecule has 7 heteroatoms. The molecule has 0 unspecified atom stereocenters. The van der Waals surface area contributed by atoms with Crippen LogP contribution in [0.15, 0.2) is 35.1 Å². The lowest BCUT2D eigenvalue weighted by Gasteiger charge is -2.19. The number of nitrogens with zero attached hydrogens (tertiary/aromatic N) is 3. The van der Waals surface area contributed by atoms with Crippen LogP contribution in [0.3, 0.4) is 0 Å². The first kappa shape index (κ1) is 17.5. The van der Waals surface area contributed by atoms with E-state index in [0.717, 1.165) is 31.2 Å². The summed E-state index contributed by atoms with van der Waals surface area (Å²) in [6, 6.07) is 9.81. The van der Waals surface area contributed by atoms with Gasteiger partial charge < -0.3 is 0 Å². The fourth-order valence-corrected chi connectivity index (χ4v) is 3.70. The number of anilines is 1. The lowest BCUT2D eigenvalue weighted by molar-refractivity contribution is -0.120. The number of aryl methyl sites for hydroxylation is 1. The molecule has 1 fully saturated rings. The predicted octanol–water partition coefficient (Wildman–Crippen LogP) is 2.84. The molecule has 2 aromatic heterocycles. The van der Waals surface area contributed by atoms with Crippen LogP contribution in [0.4, 0.5) is 5.95 Å². The van der Waals surface area contributed by atoms with Crippen LogP contribution >= 0.6 is 0 Å². The second kappa shape index (κ2) is 7.34. The minimum absolute atomic E-state index is 0.0204. The zero-order chi connectivity index (χ0) is 18.8. The average Bonchev–Trinajstić information content (AvgIpc) is 3.09.